The quantitative estimate of drug-likeness (QED) is 0.349. The smallest absolute Gasteiger partial charge is 0.170 e. The van der Waals surface area contributed by atoms with Crippen LogP contribution in [-0.4, -0.2) is 18.0 Å². The van der Waals surface area contributed by atoms with E-state index in [4.69, 9.17) is 9.97 Å². The van der Waals surface area contributed by atoms with Crippen LogP contribution >= 0.6 is 27.3 Å². The summed E-state index contributed by atoms with van der Waals surface area (Å²) in [6.07, 6.45) is 0. The van der Waals surface area contributed by atoms with E-state index in [2.05, 4.69) is 93.2 Å². The SMILES string of the molecule is CC(C)[Si](Cc1nc(-c2cccs2)nc2cccc(Br)c12)(C(C)C)C(C)C. The molecule has 0 aliphatic heterocycles. The standard InChI is InChI=1S/C22H29BrN2SSi/c1-14(2)27(15(3)4,16(5)6)13-19-21-17(23)9-7-10-18(21)24-22(25-19)20-11-8-12-26-20/h7-12,14-16H,13H2,1-6H3. The van der Waals surface area contributed by atoms with E-state index in [0.717, 1.165) is 26.7 Å². The first kappa shape index (κ1) is 20.7. The fourth-order valence-electron chi connectivity index (χ4n) is 4.76. The van der Waals surface area contributed by atoms with E-state index >= 15 is 0 Å². The zero-order chi connectivity index (χ0) is 19.8. The van der Waals surface area contributed by atoms with Crippen molar-refractivity contribution in [1.29, 1.82) is 0 Å². The summed E-state index contributed by atoms with van der Waals surface area (Å²) in [4.78, 5) is 11.2. The first-order valence-corrected chi connectivity index (χ1v) is 13.9. The summed E-state index contributed by atoms with van der Waals surface area (Å²) in [6.45, 7) is 14.5. The van der Waals surface area contributed by atoms with E-state index in [0.29, 0.717) is 16.6 Å². The monoisotopic (exact) mass is 460 g/mol. The number of rotatable bonds is 6. The molecule has 0 N–H and O–H groups in total. The Labute approximate surface area is 176 Å². The summed E-state index contributed by atoms with van der Waals surface area (Å²) in [5, 5.41) is 3.29. The minimum absolute atomic E-state index is 0.704. The van der Waals surface area contributed by atoms with Crippen LogP contribution in [0.25, 0.3) is 21.6 Å². The second kappa shape index (κ2) is 8.14. The van der Waals surface area contributed by atoms with Gasteiger partial charge in [-0.15, -0.1) is 11.3 Å². The van der Waals surface area contributed by atoms with Gasteiger partial charge in [0, 0.05) is 9.86 Å². The van der Waals surface area contributed by atoms with Gasteiger partial charge in [0.1, 0.15) is 0 Å². The maximum atomic E-state index is 5.14. The average Bonchev–Trinajstić information content (AvgIpc) is 3.13. The van der Waals surface area contributed by atoms with Crippen LogP contribution in [0.3, 0.4) is 0 Å². The maximum absolute atomic E-state index is 5.14. The number of halogens is 1. The number of fused-ring (bicyclic) bond motifs is 1. The summed E-state index contributed by atoms with van der Waals surface area (Å²) >= 11 is 5.49. The second-order valence-electron chi connectivity index (χ2n) is 8.36. The van der Waals surface area contributed by atoms with E-state index in [1.807, 2.05) is 0 Å². The van der Waals surface area contributed by atoms with Crippen LogP contribution in [0.15, 0.2) is 40.2 Å². The number of thiophene rings is 1. The van der Waals surface area contributed by atoms with Crippen LogP contribution in [0.1, 0.15) is 47.2 Å². The van der Waals surface area contributed by atoms with Crippen LogP contribution in [0.2, 0.25) is 16.6 Å². The molecule has 0 bridgehead atoms. The van der Waals surface area contributed by atoms with Gasteiger partial charge in [0.25, 0.3) is 0 Å². The van der Waals surface area contributed by atoms with Crippen LogP contribution in [0, 0.1) is 0 Å². The normalized spacial score (nSPS) is 12.7. The second-order valence-corrected chi connectivity index (χ2v) is 16.2. The predicted molar refractivity (Wildman–Crippen MR) is 125 cm³/mol. The Bertz CT molecular complexity index is 898. The van der Waals surface area contributed by atoms with Gasteiger partial charge in [-0.05, 0) is 29.6 Å². The molecule has 0 aliphatic rings. The minimum Gasteiger partial charge on any atom is -0.232 e. The molecule has 0 unspecified atom stereocenters. The summed E-state index contributed by atoms with van der Waals surface area (Å²) in [5.74, 6) is 0.866. The summed E-state index contributed by atoms with van der Waals surface area (Å²) < 4.78 is 1.10. The first-order chi connectivity index (χ1) is 12.8. The van der Waals surface area contributed by atoms with Crippen LogP contribution in [0.5, 0.6) is 0 Å². The van der Waals surface area contributed by atoms with Gasteiger partial charge >= 0.3 is 0 Å². The molecule has 0 amide bonds. The summed E-state index contributed by atoms with van der Waals surface area (Å²) in [6, 6.07) is 11.6. The summed E-state index contributed by atoms with van der Waals surface area (Å²) in [5.41, 5.74) is 4.37. The number of hydrogen-bond acceptors (Lipinski definition) is 3. The Kier molecular flexibility index (Phi) is 6.23. The van der Waals surface area contributed by atoms with E-state index in [9.17, 15) is 0 Å². The molecular weight excluding hydrogens is 432 g/mol. The van der Waals surface area contributed by atoms with Gasteiger partial charge in [0.05, 0.1) is 24.2 Å². The lowest BCUT2D eigenvalue weighted by atomic mass is 10.2. The van der Waals surface area contributed by atoms with Crippen LogP contribution in [-0.2, 0) is 6.04 Å². The molecule has 5 heteroatoms. The summed E-state index contributed by atoms with van der Waals surface area (Å²) in [7, 11) is -1.62. The van der Waals surface area contributed by atoms with Crippen molar-refractivity contribution in [2.75, 3.05) is 0 Å². The number of aromatic nitrogens is 2. The topological polar surface area (TPSA) is 25.8 Å². The highest BCUT2D eigenvalue weighted by Crippen LogP contribution is 2.44. The molecule has 0 saturated carbocycles. The molecule has 0 atom stereocenters. The van der Waals surface area contributed by atoms with Crippen molar-refractivity contribution in [2.45, 2.75) is 64.2 Å². The van der Waals surface area contributed by atoms with Crippen molar-refractivity contribution in [1.82, 2.24) is 9.97 Å². The van der Waals surface area contributed by atoms with Gasteiger partial charge in [0.15, 0.2) is 5.82 Å². The van der Waals surface area contributed by atoms with Crippen molar-refractivity contribution < 1.29 is 0 Å². The average molecular weight is 462 g/mol. The largest absolute Gasteiger partial charge is 0.232 e. The number of benzene rings is 1. The Morgan fingerprint density at radius 2 is 1.59 bits per heavy atom. The molecule has 3 aromatic rings. The molecule has 0 radical (unpaired) electrons. The van der Waals surface area contributed by atoms with Crippen molar-refractivity contribution >= 4 is 46.2 Å². The molecule has 0 aliphatic carbocycles. The van der Waals surface area contributed by atoms with Crippen molar-refractivity contribution in [2.24, 2.45) is 0 Å². The van der Waals surface area contributed by atoms with Gasteiger partial charge in [-0.3, -0.25) is 0 Å². The molecule has 0 saturated heterocycles. The zero-order valence-electron chi connectivity index (χ0n) is 17.1. The molecule has 27 heavy (non-hydrogen) atoms. The molecule has 2 aromatic heterocycles. The Hall–Kier alpha value is -1.04. The van der Waals surface area contributed by atoms with E-state index < -0.39 is 8.07 Å². The highest BCUT2D eigenvalue weighted by molar-refractivity contribution is 9.10. The maximum Gasteiger partial charge on any atom is 0.170 e. The first-order valence-electron chi connectivity index (χ1n) is 9.76. The van der Waals surface area contributed by atoms with Gasteiger partial charge in [0.2, 0.25) is 0 Å². The van der Waals surface area contributed by atoms with Crippen LogP contribution < -0.4 is 0 Å². The van der Waals surface area contributed by atoms with Gasteiger partial charge < -0.3 is 0 Å². The van der Waals surface area contributed by atoms with Crippen LogP contribution in [0.4, 0.5) is 0 Å². The molecule has 2 heterocycles. The highest BCUT2D eigenvalue weighted by Gasteiger charge is 2.43. The Morgan fingerprint density at radius 3 is 2.15 bits per heavy atom. The lowest BCUT2D eigenvalue weighted by Gasteiger charge is -2.43. The molecular formula is C22H29BrN2SSi. The van der Waals surface area contributed by atoms with Crippen molar-refractivity contribution in [3.05, 3.63) is 45.9 Å². The van der Waals surface area contributed by atoms with E-state index in [1.54, 1.807) is 11.3 Å². The van der Waals surface area contributed by atoms with Gasteiger partial charge in [-0.25, -0.2) is 9.97 Å². The molecule has 0 fully saturated rings. The Balaban J connectivity index is 2.25. The predicted octanol–water partition coefficient (Wildman–Crippen LogP) is 7.88. The molecule has 3 rings (SSSR count). The third-order valence-corrected chi connectivity index (χ3v) is 15.1. The fourth-order valence-corrected chi connectivity index (χ4v) is 12.1. The lowest BCUT2D eigenvalue weighted by molar-refractivity contribution is 0.793. The third-order valence-electron chi connectivity index (χ3n) is 6.19. The zero-order valence-corrected chi connectivity index (χ0v) is 20.5. The number of hydrogen-bond donors (Lipinski definition) is 0. The van der Waals surface area contributed by atoms with E-state index in [-0.39, 0.29) is 0 Å². The van der Waals surface area contributed by atoms with Gasteiger partial charge in [-0.1, -0.05) is 86.2 Å². The van der Waals surface area contributed by atoms with Gasteiger partial charge in [-0.2, -0.15) is 0 Å². The van der Waals surface area contributed by atoms with E-state index in [1.165, 1.54) is 11.1 Å². The number of nitrogens with zero attached hydrogens (tertiary/aromatic N) is 2. The Morgan fingerprint density at radius 1 is 0.926 bits per heavy atom. The van der Waals surface area contributed by atoms with Crippen molar-refractivity contribution in [3.8, 4) is 10.7 Å². The lowest BCUT2D eigenvalue weighted by Crippen LogP contribution is -2.47. The fraction of sp³-hybridized carbons (Fsp3) is 0.455. The van der Waals surface area contributed by atoms with Crippen molar-refractivity contribution in [3.63, 3.8) is 0 Å². The molecule has 1 aromatic carbocycles. The molecule has 0 spiro atoms. The highest BCUT2D eigenvalue weighted by atomic mass is 79.9. The molecule has 144 valence electrons. The third kappa shape index (κ3) is 3.78. The minimum atomic E-state index is -1.62. The molecule has 2 nitrogen and oxygen atoms in total.